The quantitative estimate of drug-likeness (QED) is 0.882. The Morgan fingerprint density at radius 3 is 2.90 bits per heavy atom. The van der Waals surface area contributed by atoms with Gasteiger partial charge in [0.2, 0.25) is 0 Å². The van der Waals surface area contributed by atoms with E-state index in [2.05, 4.69) is 39.0 Å². The fourth-order valence-electron chi connectivity index (χ4n) is 2.31. The van der Waals surface area contributed by atoms with Crippen molar-refractivity contribution >= 4 is 15.9 Å². The molecule has 0 fully saturated rings. The minimum atomic E-state index is 0.132. The van der Waals surface area contributed by atoms with Crippen molar-refractivity contribution in [3.8, 4) is 0 Å². The van der Waals surface area contributed by atoms with Crippen molar-refractivity contribution in [1.82, 2.24) is 14.8 Å². The number of aromatic nitrogens is 3. The van der Waals surface area contributed by atoms with Gasteiger partial charge in [-0.15, -0.1) is 0 Å². The topological polar surface area (TPSA) is 56.7 Å². The summed E-state index contributed by atoms with van der Waals surface area (Å²) in [4.78, 5) is 4.13. The lowest BCUT2D eigenvalue weighted by atomic mass is 10.0. The van der Waals surface area contributed by atoms with Gasteiger partial charge in [0, 0.05) is 31.4 Å². The number of rotatable bonds is 6. The number of nitrogens with zero attached hydrogens (tertiary/aromatic N) is 3. The molecule has 5 heteroatoms. The number of hydrogen-bond acceptors (Lipinski definition) is 3. The van der Waals surface area contributed by atoms with E-state index in [1.54, 1.807) is 6.20 Å². The van der Waals surface area contributed by atoms with E-state index in [1.807, 2.05) is 23.9 Å². The predicted molar refractivity (Wildman–Crippen MR) is 84.6 cm³/mol. The number of aryl methyl sites for hydroxylation is 3. The highest BCUT2D eigenvalue weighted by atomic mass is 79.9. The van der Waals surface area contributed by atoms with Gasteiger partial charge >= 0.3 is 0 Å². The largest absolute Gasteiger partial charge is 0.327 e. The summed E-state index contributed by atoms with van der Waals surface area (Å²) in [5.41, 5.74) is 9.74. The lowest BCUT2D eigenvalue weighted by molar-refractivity contribution is 0.553. The van der Waals surface area contributed by atoms with Crippen LogP contribution in [0.25, 0.3) is 0 Å². The van der Waals surface area contributed by atoms with Gasteiger partial charge in [-0.1, -0.05) is 6.07 Å². The van der Waals surface area contributed by atoms with Crippen LogP contribution in [0.3, 0.4) is 0 Å². The molecule has 2 rings (SSSR count). The minimum Gasteiger partial charge on any atom is -0.327 e. The monoisotopic (exact) mass is 336 g/mol. The van der Waals surface area contributed by atoms with Gasteiger partial charge in [-0.3, -0.25) is 9.67 Å². The second kappa shape index (κ2) is 6.99. The molecule has 0 aliphatic heterocycles. The summed E-state index contributed by atoms with van der Waals surface area (Å²) in [6, 6.07) is 4.19. The molecule has 2 aromatic rings. The third-order valence-corrected chi connectivity index (χ3v) is 4.47. The number of pyridine rings is 1. The van der Waals surface area contributed by atoms with Gasteiger partial charge in [-0.05, 0) is 54.2 Å². The van der Waals surface area contributed by atoms with Gasteiger partial charge in [0.1, 0.15) is 0 Å². The van der Waals surface area contributed by atoms with Crippen LogP contribution in [0.4, 0.5) is 0 Å². The molecular weight excluding hydrogens is 316 g/mol. The van der Waals surface area contributed by atoms with E-state index >= 15 is 0 Å². The molecule has 4 nitrogen and oxygen atoms in total. The Morgan fingerprint density at radius 1 is 1.45 bits per heavy atom. The Labute approximate surface area is 128 Å². The molecule has 0 saturated heterocycles. The molecule has 2 N–H and O–H groups in total. The highest BCUT2D eigenvalue weighted by Gasteiger charge is 2.15. The summed E-state index contributed by atoms with van der Waals surface area (Å²) in [7, 11) is 0. The molecule has 1 unspecified atom stereocenters. The number of hydrogen-bond donors (Lipinski definition) is 1. The van der Waals surface area contributed by atoms with Crippen LogP contribution in [0.2, 0.25) is 0 Å². The van der Waals surface area contributed by atoms with Crippen LogP contribution in [-0.2, 0) is 19.4 Å². The van der Waals surface area contributed by atoms with Crippen LogP contribution in [-0.4, -0.2) is 20.8 Å². The molecule has 1 atom stereocenters. The van der Waals surface area contributed by atoms with E-state index in [1.165, 1.54) is 11.3 Å². The molecule has 2 aromatic heterocycles. The van der Waals surface area contributed by atoms with Crippen molar-refractivity contribution in [2.24, 2.45) is 5.73 Å². The molecule has 2 heterocycles. The van der Waals surface area contributed by atoms with Crippen LogP contribution in [0.5, 0.6) is 0 Å². The normalized spacial score (nSPS) is 12.6. The Bertz CT molecular complexity index is 551. The van der Waals surface area contributed by atoms with E-state index in [0.717, 1.165) is 36.0 Å². The maximum absolute atomic E-state index is 6.27. The van der Waals surface area contributed by atoms with Crippen LogP contribution in [0.1, 0.15) is 30.3 Å². The molecule has 20 heavy (non-hydrogen) atoms. The van der Waals surface area contributed by atoms with Crippen LogP contribution in [0.15, 0.2) is 29.0 Å². The lowest BCUT2D eigenvalue weighted by Crippen LogP contribution is -2.25. The fourth-order valence-corrected chi connectivity index (χ4v) is 2.76. The SMILES string of the molecule is CCn1nc(C)c(Br)c1CC(N)CCc1cccnc1. The van der Waals surface area contributed by atoms with Crippen molar-refractivity contribution in [2.45, 2.75) is 45.7 Å². The molecule has 0 bridgehead atoms. The standard InChI is InChI=1S/C15H21BrN4/c1-3-20-14(15(16)11(2)19-20)9-13(17)7-6-12-5-4-8-18-10-12/h4-5,8,10,13H,3,6-7,9,17H2,1-2H3. The molecule has 0 aliphatic rings. The Balaban J connectivity index is 1.96. The zero-order valence-electron chi connectivity index (χ0n) is 12.0. The summed E-state index contributed by atoms with van der Waals surface area (Å²) >= 11 is 3.62. The molecular formula is C15H21BrN4. The average molecular weight is 337 g/mol. The Kier molecular flexibility index (Phi) is 5.31. The third-order valence-electron chi connectivity index (χ3n) is 3.43. The van der Waals surface area contributed by atoms with Gasteiger partial charge in [0.15, 0.2) is 0 Å². The van der Waals surface area contributed by atoms with E-state index in [4.69, 9.17) is 5.73 Å². The zero-order chi connectivity index (χ0) is 14.5. The molecule has 108 valence electrons. The molecule has 0 aliphatic carbocycles. The summed E-state index contributed by atoms with van der Waals surface area (Å²) in [5.74, 6) is 0. The minimum absolute atomic E-state index is 0.132. The molecule has 0 spiro atoms. The average Bonchev–Trinajstić information content (AvgIpc) is 2.74. The van der Waals surface area contributed by atoms with Crippen molar-refractivity contribution < 1.29 is 0 Å². The Hall–Kier alpha value is -1.20. The molecule has 0 aromatic carbocycles. The first-order chi connectivity index (χ1) is 9.61. The molecule has 0 saturated carbocycles. The van der Waals surface area contributed by atoms with Crippen LogP contribution in [0, 0.1) is 6.92 Å². The van der Waals surface area contributed by atoms with Crippen molar-refractivity contribution in [1.29, 1.82) is 0 Å². The smallest absolute Gasteiger partial charge is 0.0738 e. The third kappa shape index (κ3) is 3.67. The van der Waals surface area contributed by atoms with Crippen molar-refractivity contribution in [3.63, 3.8) is 0 Å². The first-order valence-corrected chi connectivity index (χ1v) is 7.77. The first-order valence-electron chi connectivity index (χ1n) is 6.98. The van der Waals surface area contributed by atoms with Crippen molar-refractivity contribution in [3.05, 3.63) is 46.0 Å². The van der Waals surface area contributed by atoms with Gasteiger partial charge < -0.3 is 5.73 Å². The molecule has 0 radical (unpaired) electrons. The maximum atomic E-state index is 6.27. The van der Waals surface area contributed by atoms with Gasteiger partial charge in [-0.25, -0.2) is 0 Å². The zero-order valence-corrected chi connectivity index (χ0v) is 13.6. The summed E-state index contributed by atoms with van der Waals surface area (Å²) in [6.07, 6.45) is 6.46. The Morgan fingerprint density at radius 2 is 2.25 bits per heavy atom. The van der Waals surface area contributed by atoms with Gasteiger partial charge in [0.25, 0.3) is 0 Å². The van der Waals surface area contributed by atoms with E-state index in [9.17, 15) is 0 Å². The summed E-state index contributed by atoms with van der Waals surface area (Å²) in [5, 5.41) is 4.50. The van der Waals surface area contributed by atoms with E-state index in [0.29, 0.717) is 0 Å². The van der Waals surface area contributed by atoms with E-state index in [-0.39, 0.29) is 6.04 Å². The summed E-state index contributed by atoms with van der Waals surface area (Å²) in [6.45, 7) is 4.99. The fraction of sp³-hybridized carbons (Fsp3) is 0.467. The highest BCUT2D eigenvalue weighted by molar-refractivity contribution is 9.10. The number of halogens is 1. The van der Waals surface area contributed by atoms with Gasteiger partial charge in [-0.2, -0.15) is 5.10 Å². The van der Waals surface area contributed by atoms with Crippen LogP contribution < -0.4 is 5.73 Å². The predicted octanol–water partition coefficient (Wildman–Crippen LogP) is 2.87. The number of nitrogens with two attached hydrogens (primary N) is 1. The second-order valence-electron chi connectivity index (χ2n) is 5.03. The maximum Gasteiger partial charge on any atom is 0.0738 e. The lowest BCUT2D eigenvalue weighted by Gasteiger charge is -2.13. The first kappa shape index (κ1) is 15.2. The van der Waals surface area contributed by atoms with Crippen LogP contribution >= 0.6 is 15.9 Å². The molecule has 0 amide bonds. The summed E-state index contributed by atoms with van der Waals surface area (Å²) < 4.78 is 3.12. The van der Waals surface area contributed by atoms with E-state index < -0.39 is 0 Å². The second-order valence-corrected chi connectivity index (χ2v) is 5.82. The van der Waals surface area contributed by atoms with Gasteiger partial charge in [0.05, 0.1) is 15.9 Å². The van der Waals surface area contributed by atoms with Crippen molar-refractivity contribution in [2.75, 3.05) is 0 Å². The highest BCUT2D eigenvalue weighted by Crippen LogP contribution is 2.22.